The maximum absolute atomic E-state index is 13.4. The summed E-state index contributed by atoms with van der Waals surface area (Å²) in [7, 11) is 1.56. The summed E-state index contributed by atoms with van der Waals surface area (Å²) in [6.07, 6.45) is -1.75. The van der Waals surface area contributed by atoms with Crippen molar-refractivity contribution >= 4 is 11.6 Å². The van der Waals surface area contributed by atoms with E-state index in [1.807, 2.05) is 0 Å². The number of methoxy groups -OCH3 is 1. The van der Waals surface area contributed by atoms with E-state index in [1.165, 1.54) is 23.1 Å². The Labute approximate surface area is 131 Å². The molecule has 0 saturated carbocycles. The van der Waals surface area contributed by atoms with E-state index in [2.05, 4.69) is 0 Å². The van der Waals surface area contributed by atoms with E-state index >= 15 is 0 Å². The van der Waals surface area contributed by atoms with Crippen LogP contribution in [0, 0.1) is 5.82 Å². The van der Waals surface area contributed by atoms with Gasteiger partial charge in [0.15, 0.2) is 0 Å². The molecule has 5 nitrogen and oxygen atoms in total. The number of rotatable bonds is 2. The second-order valence-electron chi connectivity index (χ2n) is 5.56. The molecule has 1 saturated heterocycles. The van der Waals surface area contributed by atoms with E-state index in [1.54, 1.807) is 31.4 Å². The molecule has 2 aromatic rings. The molecule has 2 heterocycles. The Morgan fingerprint density at radius 2 is 1.96 bits per heavy atom. The van der Waals surface area contributed by atoms with Crippen molar-refractivity contribution < 1.29 is 23.8 Å². The topological polar surface area (TPSA) is 59.0 Å². The van der Waals surface area contributed by atoms with Gasteiger partial charge in [0, 0.05) is 11.3 Å². The minimum absolute atomic E-state index is 0.228. The minimum Gasteiger partial charge on any atom is -0.497 e. The maximum atomic E-state index is 13.4. The molecule has 118 valence electrons. The standard InChI is InChI=1S/C17H14FNO4/c1-22-11-5-3-10(4-6-11)19-14-15(20)12-8-9(18)2-7-13(12)23-16(14)17(19)21/h2-8,14-16,20H,1H3/t14-,15+,16+/m1/s1. The number of hydrogen-bond donors (Lipinski definition) is 1. The van der Waals surface area contributed by atoms with Crippen LogP contribution in [0.4, 0.5) is 10.1 Å². The molecular formula is C17H14FNO4. The third kappa shape index (κ3) is 1.98. The van der Waals surface area contributed by atoms with Gasteiger partial charge in [-0.2, -0.15) is 0 Å². The largest absolute Gasteiger partial charge is 0.497 e. The summed E-state index contributed by atoms with van der Waals surface area (Å²) in [5.74, 6) is 0.342. The lowest BCUT2D eigenvalue weighted by Crippen LogP contribution is -2.70. The van der Waals surface area contributed by atoms with Gasteiger partial charge in [-0.25, -0.2) is 4.39 Å². The third-order valence-corrected chi connectivity index (χ3v) is 4.31. The second kappa shape index (κ2) is 4.96. The molecule has 6 heteroatoms. The molecule has 0 bridgehead atoms. The van der Waals surface area contributed by atoms with Gasteiger partial charge < -0.3 is 14.6 Å². The van der Waals surface area contributed by atoms with E-state index in [0.29, 0.717) is 22.7 Å². The van der Waals surface area contributed by atoms with Gasteiger partial charge >= 0.3 is 0 Å². The Balaban J connectivity index is 1.69. The molecule has 2 aliphatic heterocycles. The van der Waals surface area contributed by atoms with Crippen molar-refractivity contribution in [1.29, 1.82) is 0 Å². The predicted octanol–water partition coefficient (Wildman–Crippen LogP) is 2.04. The summed E-state index contributed by atoms with van der Waals surface area (Å²) in [5, 5.41) is 10.6. The van der Waals surface area contributed by atoms with E-state index in [9.17, 15) is 14.3 Å². The van der Waals surface area contributed by atoms with Crippen molar-refractivity contribution in [1.82, 2.24) is 0 Å². The van der Waals surface area contributed by atoms with Crippen LogP contribution in [-0.2, 0) is 4.79 Å². The Morgan fingerprint density at radius 1 is 1.22 bits per heavy atom. The van der Waals surface area contributed by atoms with Gasteiger partial charge in [-0.15, -0.1) is 0 Å². The number of halogens is 1. The molecule has 1 N–H and O–H groups in total. The molecule has 0 unspecified atom stereocenters. The number of anilines is 1. The van der Waals surface area contributed by atoms with Crippen molar-refractivity contribution in [3.8, 4) is 11.5 Å². The molecule has 3 atom stereocenters. The molecule has 1 fully saturated rings. The smallest absolute Gasteiger partial charge is 0.270 e. The lowest BCUT2D eigenvalue weighted by molar-refractivity contribution is -0.141. The fourth-order valence-electron chi connectivity index (χ4n) is 3.13. The Bertz CT molecular complexity index is 777. The summed E-state index contributed by atoms with van der Waals surface area (Å²) in [6, 6.07) is 10.3. The maximum Gasteiger partial charge on any atom is 0.270 e. The van der Waals surface area contributed by atoms with Crippen molar-refractivity contribution in [3.05, 3.63) is 53.8 Å². The van der Waals surface area contributed by atoms with Gasteiger partial charge in [0.05, 0.1) is 7.11 Å². The number of ether oxygens (including phenoxy) is 2. The van der Waals surface area contributed by atoms with Crippen LogP contribution in [0.3, 0.4) is 0 Å². The first-order chi connectivity index (χ1) is 11.1. The van der Waals surface area contributed by atoms with Gasteiger partial charge in [0.1, 0.15) is 29.5 Å². The van der Waals surface area contributed by atoms with Crippen LogP contribution < -0.4 is 14.4 Å². The molecule has 0 aliphatic carbocycles. The number of aliphatic hydroxyl groups is 1. The number of β-lactam (4-membered cyclic amide) rings is 1. The number of carbonyl (C=O) groups excluding carboxylic acids is 1. The fraction of sp³-hybridized carbons (Fsp3) is 0.235. The molecule has 2 aromatic carbocycles. The SMILES string of the molecule is COc1ccc(N2C(=O)[C@H]3Oc4ccc(F)cc4[C@H](O)[C@H]32)cc1. The highest BCUT2D eigenvalue weighted by Crippen LogP contribution is 2.44. The summed E-state index contributed by atoms with van der Waals surface area (Å²) in [5.41, 5.74) is 0.997. The van der Waals surface area contributed by atoms with Gasteiger partial charge in [-0.05, 0) is 42.5 Å². The molecule has 23 heavy (non-hydrogen) atoms. The van der Waals surface area contributed by atoms with Gasteiger partial charge in [-0.3, -0.25) is 9.69 Å². The first-order valence-electron chi connectivity index (χ1n) is 7.21. The highest BCUT2D eigenvalue weighted by molar-refractivity contribution is 6.05. The number of hydrogen-bond acceptors (Lipinski definition) is 4. The van der Waals surface area contributed by atoms with Gasteiger partial charge in [0.25, 0.3) is 5.91 Å². The second-order valence-corrected chi connectivity index (χ2v) is 5.56. The third-order valence-electron chi connectivity index (χ3n) is 4.31. The van der Waals surface area contributed by atoms with Crippen molar-refractivity contribution in [2.24, 2.45) is 0 Å². The van der Waals surface area contributed by atoms with E-state index in [-0.39, 0.29) is 5.91 Å². The van der Waals surface area contributed by atoms with Crippen molar-refractivity contribution in [2.75, 3.05) is 12.0 Å². The van der Waals surface area contributed by atoms with Crippen molar-refractivity contribution in [3.63, 3.8) is 0 Å². The van der Waals surface area contributed by atoms with Gasteiger partial charge in [0.2, 0.25) is 6.10 Å². The number of amides is 1. The average Bonchev–Trinajstić information content (AvgIpc) is 2.57. The molecule has 2 aliphatic rings. The lowest BCUT2D eigenvalue weighted by Gasteiger charge is -2.51. The highest BCUT2D eigenvalue weighted by Gasteiger charge is 2.56. The van der Waals surface area contributed by atoms with Crippen molar-refractivity contribution in [2.45, 2.75) is 18.2 Å². The molecule has 0 radical (unpaired) electrons. The molecule has 0 aromatic heterocycles. The Kier molecular flexibility index (Phi) is 3.02. The quantitative estimate of drug-likeness (QED) is 0.862. The number of aliphatic hydroxyl groups excluding tert-OH is 1. The van der Waals surface area contributed by atoms with E-state index in [0.717, 1.165) is 0 Å². The molecular weight excluding hydrogens is 301 g/mol. The molecule has 1 amide bonds. The van der Waals surface area contributed by atoms with Crippen LogP contribution in [0.15, 0.2) is 42.5 Å². The summed E-state index contributed by atoms with van der Waals surface area (Å²) in [6.45, 7) is 0. The van der Waals surface area contributed by atoms with Crippen LogP contribution >= 0.6 is 0 Å². The van der Waals surface area contributed by atoms with E-state index < -0.39 is 24.1 Å². The first-order valence-corrected chi connectivity index (χ1v) is 7.21. The minimum atomic E-state index is -1.00. The Hall–Kier alpha value is -2.60. The summed E-state index contributed by atoms with van der Waals surface area (Å²) < 4.78 is 24.1. The van der Waals surface area contributed by atoms with E-state index in [4.69, 9.17) is 9.47 Å². The van der Waals surface area contributed by atoms with Crippen LogP contribution in [0.1, 0.15) is 11.7 Å². The zero-order valence-corrected chi connectivity index (χ0v) is 12.3. The zero-order valence-electron chi connectivity index (χ0n) is 12.3. The average molecular weight is 315 g/mol. The number of nitrogens with zero attached hydrogens (tertiary/aromatic N) is 1. The van der Waals surface area contributed by atoms with Crippen LogP contribution in [0.25, 0.3) is 0 Å². The van der Waals surface area contributed by atoms with Gasteiger partial charge in [-0.1, -0.05) is 0 Å². The number of benzene rings is 2. The van der Waals surface area contributed by atoms with Crippen LogP contribution in [0.2, 0.25) is 0 Å². The monoisotopic (exact) mass is 315 g/mol. The summed E-state index contributed by atoms with van der Waals surface area (Å²) in [4.78, 5) is 13.8. The molecule has 0 spiro atoms. The number of carbonyl (C=O) groups is 1. The first kappa shape index (κ1) is 14.0. The normalized spacial score (nSPS) is 25.1. The predicted molar refractivity (Wildman–Crippen MR) is 80.0 cm³/mol. The van der Waals surface area contributed by atoms with Crippen LogP contribution in [0.5, 0.6) is 11.5 Å². The van der Waals surface area contributed by atoms with Crippen LogP contribution in [-0.4, -0.2) is 30.3 Å². The zero-order chi connectivity index (χ0) is 16.1. The molecule has 4 rings (SSSR count). The lowest BCUT2D eigenvalue weighted by atomic mass is 9.85. The highest BCUT2D eigenvalue weighted by atomic mass is 19.1. The summed E-state index contributed by atoms with van der Waals surface area (Å²) >= 11 is 0. The Morgan fingerprint density at radius 3 is 2.65 bits per heavy atom. The number of fused-ring (bicyclic) bond motifs is 2. The fourth-order valence-corrected chi connectivity index (χ4v) is 3.13.